The summed E-state index contributed by atoms with van der Waals surface area (Å²) < 4.78 is 21.3. The molecule has 0 aromatic carbocycles. The average molecular weight is 1090 g/mol. The number of carbonyl (C=O) groups is 10. The number of rotatable bonds is 54. The van der Waals surface area contributed by atoms with Gasteiger partial charge in [0.1, 0.15) is 37.1 Å². The highest BCUT2D eigenvalue weighted by molar-refractivity contribution is 5.87. The Morgan fingerprint density at radius 3 is 1.26 bits per heavy atom. The monoisotopic (exact) mass is 1090 g/mol. The topological polar surface area (TPSA) is 379 Å². The van der Waals surface area contributed by atoms with Gasteiger partial charge in [0.25, 0.3) is 0 Å². The summed E-state index contributed by atoms with van der Waals surface area (Å²) in [6.45, 7) is 2.72. The zero-order chi connectivity index (χ0) is 56.6. The molecule has 25 heteroatoms. The van der Waals surface area contributed by atoms with Gasteiger partial charge in [0, 0.05) is 45.3 Å². The highest BCUT2D eigenvalue weighted by Gasteiger charge is 2.25. The Kier molecular flexibility index (Phi) is 44.7. The normalized spacial score (nSPS) is 12.7. The summed E-state index contributed by atoms with van der Waals surface area (Å²) in [6.07, 6.45) is 16.1. The number of carboxylic acid groups (broad SMARTS) is 3. The number of aliphatic carboxylic acids is 3. The van der Waals surface area contributed by atoms with E-state index in [9.17, 15) is 63.3 Å². The number of primary amides is 1. The minimum atomic E-state index is -1.47. The molecule has 4 atom stereocenters. The number of likely N-dealkylation sites (N-methyl/N-ethyl adjacent to an activating group) is 1. The second-order valence-corrected chi connectivity index (χ2v) is 18.5. The van der Waals surface area contributed by atoms with Gasteiger partial charge in [0.2, 0.25) is 35.4 Å². The van der Waals surface area contributed by atoms with Crippen LogP contribution in [0.1, 0.15) is 155 Å². The van der Waals surface area contributed by atoms with E-state index in [1.165, 1.54) is 51.9 Å². The van der Waals surface area contributed by atoms with E-state index in [0.29, 0.717) is 38.8 Å². The van der Waals surface area contributed by atoms with E-state index in [2.05, 4.69) is 37.2 Å². The first-order valence-electron chi connectivity index (χ1n) is 27.0. The van der Waals surface area contributed by atoms with Crippen molar-refractivity contribution in [2.24, 2.45) is 5.73 Å². The van der Waals surface area contributed by atoms with Crippen molar-refractivity contribution < 1.29 is 82.2 Å². The van der Waals surface area contributed by atoms with Crippen LogP contribution in [0.2, 0.25) is 0 Å². The lowest BCUT2D eigenvalue weighted by atomic mass is 10.0. The molecule has 0 spiro atoms. The maximum Gasteiger partial charge on any atom is 0.326 e. The Morgan fingerprint density at radius 2 is 0.789 bits per heavy atom. The van der Waals surface area contributed by atoms with Gasteiger partial charge in [-0.05, 0) is 71.9 Å². The van der Waals surface area contributed by atoms with Crippen molar-refractivity contribution >= 4 is 59.1 Å². The fourth-order valence-corrected chi connectivity index (χ4v) is 7.58. The van der Waals surface area contributed by atoms with Gasteiger partial charge >= 0.3 is 17.9 Å². The molecule has 0 bridgehead atoms. The molecular formula is C51H92N8O17. The van der Waals surface area contributed by atoms with Gasteiger partial charge in [-0.2, -0.15) is 0 Å². The summed E-state index contributed by atoms with van der Waals surface area (Å²) in [7, 11) is 1.69. The Balaban J connectivity index is 3.93. The van der Waals surface area contributed by atoms with E-state index in [0.717, 1.165) is 38.5 Å². The van der Waals surface area contributed by atoms with Crippen LogP contribution in [0.15, 0.2) is 0 Å². The maximum atomic E-state index is 12.5. The molecule has 0 aromatic rings. The SMILES string of the molecule is CNC(CCCCNC(=O)CCC(NC(=O)CCC(NC(=O)COCCOCCNC(=O)COCCOCCNC(=O)CCC(NCCCCCCCCCCCCCCCC(N)=O)C(=O)O)C(=O)O)C(=O)O)C(C)=O. The highest BCUT2D eigenvalue weighted by Crippen LogP contribution is 2.13. The third kappa shape index (κ3) is 43.9. The van der Waals surface area contributed by atoms with Crippen LogP contribution in [0.25, 0.3) is 0 Å². The standard InChI is InChI=1S/C51H92N8O17/c1-38(60)39(53-2)18-15-17-27-55-44(62)24-21-41(50(69)70)58-46(64)25-22-42(51(71)72)59-48(66)37-76-35-33-74-31-29-57-47(65)36-75-34-32-73-30-28-56-45(63)23-20-40(49(67)68)54-26-16-13-11-9-7-5-3-4-6-8-10-12-14-19-43(52)61/h39-42,53-54H,3-37H2,1-2H3,(H2,52,61)(H,55,62)(H,56,63)(H,57,65)(H,58,64)(H,59,66)(H,67,68)(H,69,70)(H,71,72). The molecule has 0 aliphatic carbocycles. The van der Waals surface area contributed by atoms with E-state index in [-0.39, 0.29) is 115 Å². The third-order valence-electron chi connectivity index (χ3n) is 12.0. The lowest BCUT2D eigenvalue weighted by Gasteiger charge is -2.17. The van der Waals surface area contributed by atoms with Gasteiger partial charge in [0.15, 0.2) is 0 Å². The van der Waals surface area contributed by atoms with Gasteiger partial charge in [-0.3, -0.25) is 38.4 Å². The Labute approximate surface area is 448 Å². The molecule has 0 aliphatic heterocycles. The number of nitrogens with one attached hydrogen (secondary N) is 7. The van der Waals surface area contributed by atoms with Crippen molar-refractivity contribution in [2.45, 2.75) is 179 Å². The number of unbranched alkanes of at least 4 members (excludes halogenated alkanes) is 13. The number of carbonyl (C=O) groups excluding carboxylic acids is 7. The number of carboxylic acids is 3. The maximum absolute atomic E-state index is 12.5. The fourth-order valence-electron chi connectivity index (χ4n) is 7.58. The van der Waals surface area contributed by atoms with E-state index < -0.39 is 72.7 Å². The highest BCUT2D eigenvalue weighted by atomic mass is 16.5. The number of ether oxygens (including phenoxy) is 4. The first-order chi connectivity index (χ1) is 36.5. The van der Waals surface area contributed by atoms with Crippen LogP contribution in [0.3, 0.4) is 0 Å². The minimum Gasteiger partial charge on any atom is -0.480 e. The summed E-state index contributed by atoms with van der Waals surface area (Å²) in [4.78, 5) is 119. The molecule has 0 fully saturated rings. The van der Waals surface area contributed by atoms with Crippen LogP contribution in [-0.2, 0) is 66.9 Å². The number of ketones is 1. The molecular weight excluding hydrogens is 997 g/mol. The average Bonchev–Trinajstić information content (AvgIpc) is 3.36. The largest absolute Gasteiger partial charge is 0.480 e. The zero-order valence-electron chi connectivity index (χ0n) is 45.2. The lowest BCUT2D eigenvalue weighted by molar-refractivity contribution is -0.144. The van der Waals surface area contributed by atoms with Crippen LogP contribution in [-0.4, -0.2) is 185 Å². The second-order valence-electron chi connectivity index (χ2n) is 18.5. The van der Waals surface area contributed by atoms with Crippen LogP contribution in [0.4, 0.5) is 0 Å². The van der Waals surface area contributed by atoms with Crippen LogP contribution in [0.5, 0.6) is 0 Å². The number of hydrogen-bond acceptors (Lipinski definition) is 16. The smallest absolute Gasteiger partial charge is 0.326 e. The van der Waals surface area contributed by atoms with Crippen LogP contribution in [0, 0.1) is 0 Å². The molecule has 4 unspecified atom stereocenters. The van der Waals surface area contributed by atoms with Crippen molar-refractivity contribution in [3.8, 4) is 0 Å². The van der Waals surface area contributed by atoms with Crippen molar-refractivity contribution in [3.05, 3.63) is 0 Å². The third-order valence-corrected chi connectivity index (χ3v) is 12.0. The van der Waals surface area contributed by atoms with Crippen LogP contribution >= 0.6 is 0 Å². The number of amides is 6. The van der Waals surface area contributed by atoms with E-state index >= 15 is 0 Å². The van der Waals surface area contributed by atoms with Gasteiger partial charge < -0.3 is 77.2 Å². The Morgan fingerprint density at radius 1 is 0.395 bits per heavy atom. The summed E-state index contributed by atoms with van der Waals surface area (Å²) in [5, 5.41) is 47.1. The summed E-state index contributed by atoms with van der Waals surface area (Å²) in [5.74, 6) is -6.62. The van der Waals surface area contributed by atoms with E-state index in [1.807, 2.05) is 0 Å². The fraction of sp³-hybridized carbons (Fsp3) is 0.804. The predicted octanol–water partition coefficient (Wildman–Crippen LogP) is 1.22. The van der Waals surface area contributed by atoms with Crippen molar-refractivity contribution in [1.29, 1.82) is 0 Å². The van der Waals surface area contributed by atoms with Crippen molar-refractivity contribution in [1.82, 2.24) is 37.2 Å². The molecule has 0 saturated carbocycles. The van der Waals surface area contributed by atoms with E-state index in [1.54, 1.807) is 7.05 Å². The van der Waals surface area contributed by atoms with Crippen molar-refractivity contribution in [3.63, 3.8) is 0 Å². The molecule has 76 heavy (non-hydrogen) atoms. The lowest BCUT2D eigenvalue weighted by Crippen LogP contribution is -2.45. The van der Waals surface area contributed by atoms with Crippen LogP contribution < -0.4 is 43.0 Å². The number of Topliss-reactive ketones (excluding diaryl/α,β-unsaturated/α-hetero) is 1. The summed E-state index contributed by atoms with van der Waals surface area (Å²) >= 11 is 0. The summed E-state index contributed by atoms with van der Waals surface area (Å²) in [5.41, 5.74) is 5.16. The Bertz CT molecular complexity index is 1680. The van der Waals surface area contributed by atoms with E-state index in [4.69, 9.17) is 24.7 Å². The first kappa shape index (κ1) is 70.7. The molecule has 0 aliphatic rings. The number of hydrogen-bond donors (Lipinski definition) is 11. The van der Waals surface area contributed by atoms with Gasteiger partial charge in [-0.25, -0.2) is 9.59 Å². The van der Waals surface area contributed by atoms with Gasteiger partial charge in [-0.1, -0.05) is 70.6 Å². The Hall–Kier alpha value is -5.34. The second kappa shape index (κ2) is 48.1. The molecule has 6 amide bonds. The number of nitrogens with two attached hydrogens (primary N) is 1. The molecule has 438 valence electrons. The summed E-state index contributed by atoms with van der Waals surface area (Å²) in [6, 6.07) is -3.93. The molecule has 0 rings (SSSR count). The molecule has 12 N–H and O–H groups in total. The molecule has 0 saturated heterocycles. The quantitative estimate of drug-likeness (QED) is 0.0381. The van der Waals surface area contributed by atoms with Gasteiger partial charge in [0.05, 0.1) is 45.7 Å². The minimum absolute atomic E-state index is 0.0199. The predicted molar refractivity (Wildman–Crippen MR) is 280 cm³/mol. The molecule has 0 aromatic heterocycles. The molecule has 0 heterocycles. The van der Waals surface area contributed by atoms with Crippen molar-refractivity contribution in [2.75, 3.05) is 86.1 Å². The van der Waals surface area contributed by atoms with Gasteiger partial charge in [-0.15, -0.1) is 0 Å². The first-order valence-corrected chi connectivity index (χ1v) is 27.0. The molecule has 0 radical (unpaired) electrons. The molecule has 25 nitrogen and oxygen atoms in total. The zero-order valence-corrected chi connectivity index (χ0v) is 45.2.